The van der Waals surface area contributed by atoms with Gasteiger partial charge in [0.2, 0.25) is 0 Å². The number of rotatable bonds is 2. The van der Waals surface area contributed by atoms with E-state index >= 15 is 0 Å². The van der Waals surface area contributed by atoms with Crippen molar-refractivity contribution in [3.05, 3.63) is 65.8 Å². The molecular formula is C17H14O3. The minimum Gasteiger partial charge on any atom is -0.497 e. The van der Waals surface area contributed by atoms with Crippen LogP contribution in [0.1, 0.15) is 12.0 Å². The summed E-state index contributed by atoms with van der Waals surface area (Å²) in [6.45, 7) is 3.98. The lowest BCUT2D eigenvalue weighted by Gasteiger charge is -2.31. The van der Waals surface area contributed by atoms with Gasteiger partial charge in [-0.25, -0.2) is 0 Å². The van der Waals surface area contributed by atoms with E-state index in [4.69, 9.17) is 4.74 Å². The number of methoxy groups -OCH3 is 1. The number of ether oxygens (including phenoxy) is 1. The normalized spacial score (nSPS) is 24.6. The van der Waals surface area contributed by atoms with E-state index in [2.05, 4.69) is 6.58 Å². The van der Waals surface area contributed by atoms with E-state index in [1.807, 2.05) is 12.1 Å². The zero-order valence-corrected chi connectivity index (χ0v) is 11.2. The van der Waals surface area contributed by atoms with E-state index in [0.29, 0.717) is 16.9 Å². The fourth-order valence-electron chi connectivity index (χ4n) is 3.05. The molecule has 1 aromatic carbocycles. The number of ketones is 2. The molecule has 0 bridgehead atoms. The number of carbonyl (C=O) groups excluding carboxylic acids is 2. The van der Waals surface area contributed by atoms with Crippen molar-refractivity contribution in [3.8, 4) is 5.75 Å². The molecule has 3 rings (SSSR count). The summed E-state index contributed by atoms with van der Waals surface area (Å²) in [7, 11) is 1.59. The van der Waals surface area contributed by atoms with Crippen molar-refractivity contribution in [1.82, 2.24) is 0 Å². The van der Waals surface area contributed by atoms with E-state index in [1.54, 1.807) is 31.4 Å². The van der Waals surface area contributed by atoms with Gasteiger partial charge in [-0.2, -0.15) is 0 Å². The first-order chi connectivity index (χ1) is 9.60. The molecule has 1 aromatic rings. The fraction of sp³-hybridized carbons (Fsp3) is 0.176. The number of hydrogen-bond acceptors (Lipinski definition) is 3. The Kier molecular flexibility index (Phi) is 2.71. The molecule has 1 saturated carbocycles. The Labute approximate surface area is 117 Å². The van der Waals surface area contributed by atoms with Crippen LogP contribution >= 0.6 is 0 Å². The summed E-state index contributed by atoms with van der Waals surface area (Å²) in [6.07, 6.45) is 5.10. The van der Waals surface area contributed by atoms with Gasteiger partial charge in [-0.1, -0.05) is 30.9 Å². The van der Waals surface area contributed by atoms with Gasteiger partial charge in [0.25, 0.3) is 0 Å². The lowest BCUT2D eigenvalue weighted by molar-refractivity contribution is -0.119. The fourth-order valence-corrected chi connectivity index (χ4v) is 3.05. The zero-order chi connectivity index (χ0) is 14.3. The first-order valence-electron chi connectivity index (χ1n) is 6.40. The lowest BCUT2D eigenvalue weighted by atomic mass is 9.68. The van der Waals surface area contributed by atoms with E-state index in [-0.39, 0.29) is 18.0 Å². The molecule has 0 amide bonds. The molecule has 3 heteroatoms. The number of Topliss-reactive ketones (excluding diaryl/α,β-unsaturated/α-hetero) is 1. The van der Waals surface area contributed by atoms with Crippen LogP contribution in [0.4, 0.5) is 0 Å². The highest BCUT2D eigenvalue weighted by Gasteiger charge is 2.52. The molecule has 1 fully saturated rings. The van der Waals surface area contributed by atoms with Crippen molar-refractivity contribution in [2.75, 3.05) is 7.11 Å². The second kappa shape index (κ2) is 4.30. The monoisotopic (exact) mass is 266 g/mol. The highest BCUT2D eigenvalue weighted by Crippen LogP contribution is 2.49. The average molecular weight is 266 g/mol. The molecule has 1 atom stereocenters. The van der Waals surface area contributed by atoms with Crippen LogP contribution in [0.15, 0.2) is 60.2 Å². The summed E-state index contributed by atoms with van der Waals surface area (Å²) in [5, 5.41) is 0. The van der Waals surface area contributed by atoms with Crippen molar-refractivity contribution in [1.29, 1.82) is 0 Å². The Hall–Kier alpha value is -2.42. The smallest absolute Gasteiger partial charge is 0.174 e. The van der Waals surface area contributed by atoms with Crippen LogP contribution in [-0.2, 0) is 15.0 Å². The summed E-state index contributed by atoms with van der Waals surface area (Å²) in [5.74, 6) is 0.587. The van der Waals surface area contributed by atoms with Gasteiger partial charge in [-0.15, -0.1) is 0 Å². The number of fused-ring (bicyclic) bond motifs is 1. The van der Waals surface area contributed by atoms with Crippen LogP contribution in [0.5, 0.6) is 5.75 Å². The molecule has 0 saturated heterocycles. The Balaban J connectivity index is 2.22. The number of carbonyl (C=O) groups is 2. The molecule has 0 radical (unpaired) electrons. The second-order valence-corrected chi connectivity index (χ2v) is 4.99. The first-order valence-corrected chi connectivity index (χ1v) is 6.40. The van der Waals surface area contributed by atoms with Gasteiger partial charge in [-0.3, -0.25) is 9.59 Å². The zero-order valence-electron chi connectivity index (χ0n) is 11.2. The van der Waals surface area contributed by atoms with E-state index in [9.17, 15) is 9.59 Å². The van der Waals surface area contributed by atoms with Crippen LogP contribution in [-0.4, -0.2) is 18.7 Å². The van der Waals surface area contributed by atoms with Gasteiger partial charge in [0, 0.05) is 12.0 Å². The molecule has 0 heterocycles. The largest absolute Gasteiger partial charge is 0.497 e. The van der Waals surface area contributed by atoms with Crippen molar-refractivity contribution < 1.29 is 14.3 Å². The van der Waals surface area contributed by atoms with Crippen molar-refractivity contribution >= 4 is 11.6 Å². The van der Waals surface area contributed by atoms with E-state index in [1.165, 1.54) is 6.08 Å². The summed E-state index contributed by atoms with van der Waals surface area (Å²) < 4.78 is 5.14. The predicted molar refractivity (Wildman–Crippen MR) is 75.7 cm³/mol. The molecule has 100 valence electrons. The number of benzene rings is 1. The number of allylic oxidation sites excluding steroid dienone is 5. The maximum absolute atomic E-state index is 12.5. The molecule has 20 heavy (non-hydrogen) atoms. The van der Waals surface area contributed by atoms with E-state index in [0.717, 1.165) is 5.56 Å². The number of hydrogen-bond donors (Lipinski definition) is 0. The molecule has 2 aliphatic carbocycles. The highest BCUT2D eigenvalue weighted by molar-refractivity contribution is 6.19. The maximum Gasteiger partial charge on any atom is 0.174 e. The van der Waals surface area contributed by atoms with Gasteiger partial charge in [0.15, 0.2) is 11.6 Å². The maximum atomic E-state index is 12.5. The Bertz CT molecular complexity index is 677. The molecular weight excluding hydrogens is 252 g/mol. The highest BCUT2D eigenvalue weighted by atomic mass is 16.5. The summed E-state index contributed by atoms with van der Waals surface area (Å²) in [5.41, 5.74) is 0.946. The molecule has 0 unspecified atom stereocenters. The van der Waals surface area contributed by atoms with E-state index < -0.39 is 5.41 Å². The van der Waals surface area contributed by atoms with Crippen molar-refractivity contribution in [2.45, 2.75) is 11.8 Å². The molecule has 0 aliphatic heterocycles. The van der Waals surface area contributed by atoms with Gasteiger partial charge in [0.1, 0.15) is 11.2 Å². The molecule has 2 aliphatic rings. The molecule has 0 aromatic heterocycles. The minimum atomic E-state index is -1.00. The third kappa shape index (κ3) is 1.46. The average Bonchev–Trinajstić information content (AvgIpc) is 2.72. The second-order valence-electron chi connectivity index (χ2n) is 4.99. The van der Waals surface area contributed by atoms with Crippen LogP contribution < -0.4 is 4.74 Å². The quantitative estimate of drug-likeness (QED) is 0.773. The van der Waals surface area contributed by atoms with Gasteiger partial charge < -0.3 is 4.74 Å². The standard InChI is InChI=1S/C17H14O3/c1-11-10-15(18)14-4-3-5-16(19)17(11,14)12-6-8-13(20-2)9-7-12/h3-9H,1,10H2,2H3/t17-/m1/s1. The summed E-state index contributed by atoms with van der Waals surface area (Å²) >= 11 is 0. The molecule has 3 nitrogen and oxygen atoms in total. The summed E-state index contributed by atoms with van der Waals surface area (Å²) in [6, 6.07) is 7.24. The minimum absolute atomic E-state index is 0.0245. The molecule has 0 N–H and O–H groups in total. The van der Waals surface area contributed by atoms with Crippen molar-refractivity contribution in [2.24, 2.45) is 0 Å². The third-order valence-electron chi connectivity index (χ3n) is 4.01. The van der Waals surface area contributed by atoms with Gasteiger partial charge in [-0.05, 0) is 29.3 Å². The summed E-state index contributed by atoms with van der Waals surface area (Å²) in [4.78, 5) is 24.7. The Morgan fingerprint density at radius 2 is 1.90 bits per heavy atom. The van der Waals surface area contributed by atoms with Crippen LogP contribution in [0.2, 0.25) is 0 Å². The third-order valence-corrected chi connectivity index (χ3v) is 4.01. The van der Waals surface area contributed by atoms with Gasteiger partial charge in [0.05, 0.1) is 7.11 Å². The molecule has 0 spiro atoms. The topological polar surface area (TPSA) is 43.4 Å². The van der Waals surface area contributed by atoms with Crippen LogP contribution in [0, 0.1) is 0 Å². The Morgan fingerprint density at radius 1 is 1.20 bits per heavy atom. The SMILES string of the molecule is C=C1CC(=O)C2=CC=CC(=O)[C@@]12c1ccc(OC)cc1. The van der Waals surface area contributed by atoms with Crippen molar-refractivity contribution in [3.63, 3.8) is 0 Å². The lowest BCUT2D eigenvalue weighted by Crippen LogP contribution is -2.37. The van der Waals surface area contributed by atoms with Crippen LogP contribution in [0.3, 0.4) is 0 Å². The van der Waals surface area contributed by atoms with Gasteiger partial charge >= 0.3 is 0 Å². The Morgan fingerprint density at radius 3 is 2.55 bits per heavy atom. The first kappa shape index (κ1) is 12.6. The predicted octanol–water partition coefficient (Wildman–Crippen LogP) is 2.53. The van der Waals surface area contributed by atoms with Crippen LogP contribution in [0.25, 0.3) is 0 Å².